The normalized spacial score (nSPS) is 13.1. The van der Waals surface area contributed by atoms with Crippen molar-refractivity contribution < 1.29 is 14.3 Å². The average molecular weight is 380 g/mol. The summed E-state index contributed by atoms with van der Waals surface area (Å²) in [7, 11) is 1.61. The smallest absolute Gasteiger partial charge is 0.261 e. The predicted molar refractivity (Wildman–Crippen MR) is 100 cm³/mol. The van der Waals surface area contributed by atoms with Crippen LogP contribution in [0.1, 0.15) is 20.7 Å². The molecule has 0 unspecified atom stereocenters. The Kier molecular flexibility index (Phi) is 4.64. The lowest BCUT2D eigenvalue weighted by atomic mass is 10.1. The topological polar surface area (TPSA) is 77.3 Å². The molecule has 27 heavy (non-hydrogen) atoms. The SMILES string of the molecule is COc1ccccc1-n1cnnc1SCCN1C(=O)c2ccccc2C1=O. The molecule has 8 heteroatoms. The summed E-state index contributed by atoms with van der Waals surface area (Å²) in [6.45, 7) is 0.301. The molecule has 0 saturated carbocycles. The van der Waals surface area contributed by atoms with Gasteiger partial charge in [0.15, 0.2) is 5.16 Å². The van der Waals surface area contributed by atoms with Crippen molar-refractivity contribution in [2.75, 3.05) is 19.4 Å². The lowest BCUT2D eigenvalue weighted by Crippen LogP contribution is -2.31. The van der Waals surface area contributed by atoms with Crippen LogP contribution in [0.15, 0.2) is 60.0 Å². The van der Waals surface area contributed by atoms with Crippen LogP contribution in [-0.4, -0.2) is 50.9 Å². The van der Waals surface area contributed by atoms with Crippen molar-refractivity contribution in [2.45, 2.75) is 5.16 Å². The van der Waals surface area contributed by atoms with Crippen LogP contribution in [0.4, 0.5) is 0 Å². The highest BCUT2D eigenvalue weighted by Crippen LogP contribution is 2.27. The van der Waals surface area contributed by atoms with Crippen LogP contribution in [-0.2, 0) is 0 Å². The molecule has 0 fully saturated rings. The molecular weight excluding hydrogens is 364 g/mol. The zero-order valence-corrected chi connectivity index (χ0v) is 15.3. The fourth-order valence-corrected chi connectivity index (χ4v) is 3.83. The third-order valence-electron chi connectivity index (χ3n) is 4.29. The third-order valence-corrected chi connectivity index (χ3v) is 5.21. The summed E-state index contributed by atoms with van der Waals surface area (Å²) in [4.78, 5) is 26.1. The molecule has 0 N–H and O–H groups in total. The van der Waals surface area contributed by atoms with Crippen molar-refractivity contribution in [1.29, 1.82) is 0 Å². The quantitative estimate of drug-likeness (QED) is 0.483. The minimum Gasteiger partial charge on any atom is -0.495 e. The molecule has 3 aromatic rings. The Balaban J connectivity index is 1.47. The first kappa shape index (κ1) is 17.3. The number of nitrogens with zero attached hydrogens (tertiary/aromatic N) is 4. The molecule has 0 radical (unpaired) electrons. The first-order valence-corrected chi connectivity index (χ1v) is 9.30. The summed E-state index contributed by atoms with van der Waals surface area (Å²) >= 11 is 1.43. The largest absolute Gasteiger partial charge is 0.495 e. The van der Waals surface area contributed by atoms with E-state index in [0.717, 1.165) is 5.69 Å². The minimum atomic E-state index is -0.248. The van der Waals surface area contributed by atoms with Crippen LogP contribution < -0.4 is 4.74 Å². The van der Waals surface area contributed by atoms with Gasteiger partial charge in [0.1, 0.15) is 12.1 Å². The maximum Gasteiger partial charge on any atom is 0.261 e. The summed E-state index contributed by atoms with van der Waals surface area (Å²) in [5.41, 5.74) is 1.75. The van der Waals surface area contributed by atoms with Crippen molar-refractivity contribution >= 4 is 23.6 Å². The number of thioether (sulfide) groups is 1. The van der Waals surface area contributed by atoms with Gasteiger partial charge in [0.2, 0.25) is 0 Å². The van der Waals surface area contributed by atoms with Gasteiger partial charge in [0.25, 0.3) is 11.8 Å². The maximum absolute atomic E-state index is 12.4. The third kappa shape index (κ3) is 3.08. The van der Waals surface area contributed by atoms with Gasteiger partial charge in [-0.25, -0.2) is 0 Å². The first-order chi connectivity index (χ1) is 13.2. The van der Waals surface area contributed by atoms with Crippen LogP contribution in [0.3, 0.4) is 0 Å². The average Bonchev–Trinajstić information content (AvgIpc) is 3.27. The Bertz CT molecular complexity index is 982. The predicted octanol–water partition coefficient (Wildman–Crippen LogP) is 2.66. The molecule has 0 aliphatic carbocycles. The standard InChI is InChI=1S/C19H16N4O3S/c1-26-16-9-5-4-8-15(16)23-12-20-21-19(23)27-11-10-22-17(24)13-6-2-3-7-14(13)18(22)25/h2-9,12H,10-11H2,1H3. The number of hydrogen-bond acceptors (Lipinski definition) is 6. The van der Waals surface area contributed by atoms with E-state index in [1.165, 1.54) is 16.7 Å². The Hall–Kier alpha value is -3.13. The van der Waals surface area contributed by atoms with Gasteiger partial charge >= 0.3 is 0 Å². The summed E-state index contributed by atoms with van der Waals surface area (Å²) < 4.78 is 7.22. The Morgan fingerprint density at radius 2 is 1.67 bits per heavy atom. The lowest BCUT2D eigenvalue weighted by molar-refractivity contribution is 0.0664. The Morgan fingerprint density at radius 1 is 1.00 bits per heavy atom. The molecule has 1 aromatic heterocycles. The molecule has 4 rings (SSSR count). The second kappa shape index (κ2) is 7.24. The molecule has 0 bridgehead atoms. The monoisotopic (exact) mass is 380 g/mol. The number of carbonyl (C=O) groups is 2. The first-order valence-electron chi connectivity index (χ1n) is 8.32. The Morgan fingerprint density at radius 3 is 2.37 bits per heavy atom. The van der Waals surface area contributed by atoms with E-state index in [-0.39, 0.29) is 11.8 Å². The second-order valence-corrected chi connectivity index (χ2v) is 6.87. The van der Waals surface area contributed by atoms with Crippen molar-refractivity contribution in [3.63, 3.8) is 0 Å². The minimum absolute atomic E-state index is 0.248. The highest BCUT2D eigenvalue weighted by atomic mass is 32.2. The summed E-state index contributed by atoms with van der Waals surface area (Å²) in [6, 6.07) is 14.5. The van der Waals surface area contributed by atoms with E-state index >= 15 is 0 Å². The van der Waals surface area contributed by atoms with E-state index in [9.17, 15) is 9.59 Å². The number of ether oxygens (including phenoxy) is 1. The summed E-state index contributed by atoms with van der Waals surface area (Å²) in [5, 5.41) is 8.78. The number of fused-ring (bicyclic) bond motifs is 1. The van der Waals surface area contributed by atoms with Gasteiger partial charge < -0.3 is 4.74 Å². The molecule has 2 heterocycles. The molecule has 1 aliphatic rings. The Labute approximate surface area is 160 Å². The van der Waals surface area contributed by atoms with E-state index < -0.39 is 0 Å². The molecule has 136 valence electrons. The van der Waals surface area contributed by atoms with Crippen molar-refractivity contribution in [3.05, 3.63) is 66.0 Å². The fourth-order valence-electron chi connectivity index (χ4n) is 2.99. The van der Waals surface area contributed by atoms with Crippen molar-refractivity contribution in [1.82, 2.24) is 19.7 Å². The highest BCUT2D eigenvalue weighted by Gasteiger charge is 2.34. The number of benzene rings is 2. The van der Waals surface area contributed by atoms with Crippen LogP contribution in [0.2, 0.25) is 0 Å². The number of amides is 2. The van der Waals surface area contributed by atoms with Gasteiger partial charge in [-0.1, -0.05) is 36.0 Å². The van der Waals surface area contributed by atoms with Gasteiger partial charge in [-0.2, -0.15) is 0 Å². The number of carbonyl (C=O) groups excluding carboxylic acids is 2. The number of hydrogen-bond donors (Lipinski definition) is 0. The van der Waals surface area contributed by atoms with Crippen molar-refractivity contribution in [3.8, 4) is 11.4 Å². The number of imide groups is 1. The summed E-state index contributed by atoms with van der Waals surface area (Å²) in [6.07, 6.45) is 1.61. The zero-order chi connectivity index (χ0) is 18.8. The van der Waals surface area contributed by atoms with E-state index in [1.54, 1.807) is 37.7 Å². The molecule has 7 nitrogen and oxygen atoms in total. The van der Waals surface area contributed by atoms with E-state index in [4.69, 9.17) is 4.74 Å². The number of aromatic nitrogens is 3. The van der Waals surface area contributed by atoms with E-state index in [0.29, 0.717) is 34.3 Å². The van der Waals surface area contributed by atoms with E-state index in [2.05, 4.69) is 10.2 Å². The van der Waals surface area contributed by atoms with Crippen molar-refractivity contribution in [2.24, 2.45) is 0 Å². The molecule has 2 aromatic carbocycles. The maximum atomic E-state index is 12.4. The van der Waals surface area contributed by atoms with E-state index in [1.807, 2.05) is 28.8 Å². The lowest BCUT2D eigenvalue weighted by Gasteiger charge is -2.14. The number of rotatable bonds is 6. The van der Waals surface area contributed by atoms with Gasteiger partial charge in [-0.3, -0.25) is 19.1 Å². The fraction of sp³-hybridized carbons (Fsp3) is 0.158. The number of para-hydroxylation sites is 2. The van der Waals surface area contributed by atoms with Gasteiger partial charge in [-0.15, -0.1) is 10.2 Å². The molecule has 0 saturated heterocycles. The molecular formula is C19H16N4O3S. The van der Waals surface area contributed by atoms with Crippen LogP contribution >= 0.6 is 11.8 Å². The van der Waals surface area contributed by atoms with Crippen LogP contribution in [0, 0.1) is 0 Å². The van der Waals surface area contributed by atoms with Gasteiger partial charge in [0, 0.05) is 12.3 Å². The zero-order valence-electron chi connectivity index (χ0n) is 14.5. The second-order valence-electron chi connectivity index (χ2n) is 5.81. The molecule has 0 atom stereocenters. The number of methoxy groups -OCH3 is 1. The van der Waals surface area contributed by atoms with Gasteiger partial charge in [0.05, 0.1) is 23.9 Å². The molecule has 2 amide bonds. The van der Waals surface area contributed by atoms with Crippen LogP contribution in [0.25, 0.3) is 5.69 Å². The molecule has 1 aliphatic heterocycles. The highest BCUT2D eigenvalue weighted by molar-refractivity contribution is 7.99. The van der Waals surface area contributed by atoms with Gasteiger partial charge in [-0.05, 0) is 24.3 Å². The van der Waals surface area contributed by atoms with Crippen LogP contribution in [0.5, 0.6) is 5.75 Å². The summed E-state index contributed by atoms with van der Waals surface area (Å²) in [5.74, 6) is 0.726. The molecule has 0 spiro atoms.